The van der Waals surface area contributed by atoms with Gasteiger partial charge in [0.1, 0.15) is 0 Å². The van der Waals surface area contributed by atoms with Gasteiger partial charge in [0, 0.05) is 31.2 Å². The molecule has 1 unspecified atom stereocenters. The molecule has 1 heterocycles. The molecule has 0 aromatic heterocycles. The number of piperazine rings is 1. The van der Waals surface area contributed by atoms with Crippen LogP contribution in [0.3, 0.4) is 0 Å². The number of nitrogens with one attached hydrogen (secondary N) is 1. The maximum atomic E-state index is 3.96. The average molecular weight is 248 g/mol. The first-order valence-corrected chi connectivity index (χ1v) is 8.34. The Hall–Kier alpha value is -0.0800. The molecule has 0 radical (unpaired) electrons. The molecule has 3 saturated carbocycles. The third-order valence-corrected chi connectivity index (χ3v) is 6.11. The second kappa shape index (κ2) is 4.49. The molecule has 2 heteroatoms. The fourth-order valence-electron chi connectivity index (χ4n) is 4.55. The first-order valence-electron chi connectivity index (χ1n) is 8.34. The zero-order valence-electron chi connectivity index (χ0n) is 11.7. The van der Waals surface area contributed by atoms with E-state index in [0.29, 0.717) is 5.54 Å². The molecule has 0 amide bonds. The quantitative estimate of drug-likeness (QED) is 0.826. The van der Waals surface area contributed by atoms with E-state index in [4.69, 9.17) is 0 Å². The average Bonchev–Trinajstić information content (AvgIpc) is 3.07. The van der Waals surface area contributed by atoms with Gasteiger partial charge in [0.05, 0.1) is 0 Å². The zero-order valence-corrected chi connectivity index (χ0v) is 11.7. The third-order valence-electron chi connectivity index (χ3n) is 6.11. The van der Waals surface area contributed by atoms with E-state index < -0.39 is 0 Å². The van der Waals surface area contributed by atoms with Gasteiger partial charge >= 0.3 is 0 Å². The fourth-order valence-corrected chi connectivity index (χ4v) is 4.55. The van der Waals surface area contributed by atoms with Gasteiger partial charge in [0.2, 0.25) is 0 Å². The highest BCUT2D eigenvalue weighted by molar-refractivity contribution is 5.04. The number of hydrogen-bond acceptors (Lipinski definition) is 2. The fraction of sp³-hybridized carbons (Fsp3) is 1.00. The highest BCUT2D eigenvalue weighted by Gasteiger charge is 2.45. The van der Waals surface area contributed by atoms with Crippen molar-refractivity contribution in [3.63, 3.8) is 0 Å². The summed E-state index contributed by atoms with van der Waals surface area (Å²) in [5, 5.41) is 3.96. The third kappa shape index (κ3) is 2.12. The molecule has 4 rings (SSSR count). The van der Waals surface area contributed by atoms with Gasteiger partial charge in [-0.2, -0.15) is 0 Å². The molecule has 0 aromatic rings. The molecule has 1 aliphatic heterocycles. The molecule has 4 fully saturated rings. The Bertz CT molecular complexity index is 300. The Morgan fingerprint density at radius 1 is 1.00 bits per heavy atom. The Morgan fingerprint density at radius 3 is 2.39 bits per heavy atom. The second-order valence-electron chi connectivity index (χ2n) is 7.50. The van der Waals surface area contributed by atoms with E-state index in [-0.39, 0.29) is 0 Å². The minimum absolute atomic E-state index is 0.523. The van der Waals surface area contributed by atoms with Crippen LogP contribution in [0.2, 0.25) is 0 Å². The molecule has 102 valence electrons. The monoisotopic (exact) mass is 248 g/mol. The van der Waals surface area contributed by atoms with Gasteiger partial charge in [-0.15, -0.1) is 0 Å². The molecule has 2 nitrogen and oxygen atoms in total. The van der Waals surface area contributed by atoms with E-state index in [2.05, 4.69) is 10.2 Å². The highest BCUT2D eigenvalue weighted by Crippen LogP contribution is 2.41. The predicted molar refractivity (Wildman–Crippen MR) is 74.6 cm³/mol. The SMILES string of the molecule is C1CC(CN2CC3(CCCC3)NCC2C2CC2)C1. The molecule has 0 aromatic carbocycles. The van der Waals surface area contributed by atoms with E-state index in [9.17, 15) is 0 Å². The zero-order chi connectivity index (χ0) is 12.0. The van der Waals surface area contributed by atoms with Crippen LogP contribution in [0.5, 0.6) is 0 Å². The minimum atomic E-state index is 0.523. The van der Waals surface area contributed by atoms with Gasteiger partial charge in [-0.3, -0.25) is 4.90 Å². The van der Waals surface area contributed by atoms with Crippen LogP contribution in [0.4, 0.5) is 0 Å². The molecule has 0 bridgehead atoms. The number of nitrogens with zero attached hydrogens (tertiary/aromatic N) is 1. The summed E-state index contributed by atoms with van der Waals surface area (Å²) in [7, 11) is 0. The Morgan fingerprint density at radius 2 is 1.78 bits per heavy atom. The maximum Gasteiger partial charge on any atom is 0.0309 e. The summed E-state index contributed by atoms with van der Waals surface area (Å²) in [5.41, 5.74) is 0.523. The predicted octanol–water partition coefficient (Wildman–Crippen LogP) is 2.78. The summed E-state index contributed by atoms with van der Waals surface area (Å²) in [6.07, 6.45) is 13.3. The van der Waals surface area contributed by atoms with Crippen molar-refractivity contribution in [2.75, 3.05) is 19.6 Å². The van der Waals surface area contributed by atoms with Crippen molar-refractivity contribution >= 4 is 0 Å². The van der Waals surface area contributed by atoms with Gasteiger partial charge in [0.25, 0.3) is 0 Å². The normalized spacial score (nSPS) is 37.0. The Balaban J connectivity index is 1.45. The molecule has 1 atom stereocenters. The van der Waals surface area contributed by atoms with E-state index >= 15 is 0 Å². The van der Waals surface area contributed by atoms with Crippen LogP contribution in [0.15, 0.2) is 0 Å². The molecule has 1 saturated heterocycles. The molecule has 4 aliphatic rings. The summed E-state index contributed by atoms with van der Waals surface area (Å²) >= 11 is 0. The Labute approximate surface area is 111 Å². The van der Waals surface area contributed by atoms with Crippen LogP contribution in [-0.2, 0) is 0 Å². The van der Waals surface area contributed by atoms with Gasteiger partial charge in [-0.1, -0.05) is 19.3 Å². The number of rotatable bonds is 3. The van der Waals surface area contributed by atoms with Crippen molar-refractivity contribution in [1.29, 1.82) is 0 Å². The van der Waals surface area contributed by atoms with Crippen LogP contribution in [0, 0.1) is 11.8 Å². The van der Waals surface area contributed by atoms with Crippen molar-refractivity contribution in [2.45, 2.75) is 69.4 Å². The number of hydrogen-bond donors (Lipinski definition) is 1. The van der Waals surface area contributed by atoms with Gasteiger partial charge in [-0.25, -0.2) is 0 Å². The van der Waals surface area contributed by atoms with E-state index in [1.54, 1.807) is 0 Å². The first-order chi connectivity index (χ1) is 8.85. The standard InChI is InChI=1S/C16H28N2/c1-2-9-16(8-1)12-18(11-13-4-3-5-13)15(10-17-16)14-6-7-14/h13-15,17H,1-12H2. The van der Waals surface area contributed by atoms with Crippen LogP contribution in [-0.4, -0.2) is 36.1 Å². The molecular weight excluding hydrogens is 220 g/mol. The van der Waals surface area contributed by atoms with Crippen molar-refractivity contribution in [2.24, 2.45) is 11.8 Å². The van der Waals surface area contributed by atoms with Gasteiger partial charge in [-0.05, 0) is 50.4 Å². The Kier molecular flexibility index (Phi) is 2.92. The molecule has 3 aliphatic carbocycles. The summed E-state index contributed by atoms with van der Waals surface area (Å²) in [6, 6.07) is 0.886. The van der Waals surface area contributed by atoms with Gasteiger partial charge in [0.15, 0.2) is 0 Å². The first kappa shape index (κ1) is 11.7. The topological polar surface area (TPSA) is 15.3 Å². The summed E-state index contributed by atoms with van der Waals surface area (Å²) in [6.45, 7) is 4.08. The van der Waals surface area contributed by atoms with Gasteiger partial charge < -0.3 is 5.32 Å². The van der Waals surface area contributed by atoms with Crippen molar-refractivity contribution < 1.29 is 0 Å². The van der Waals surface area contributed by atoms with Crippen LogP contribution in [0.25, 0.3) is 0 Å². The van der Waals surface area contributed by atoms with E-state index in [1.807, 2.05) is 0 Å². The lowest BCUT2D eigenvalue weighted by Gasteiger charge is -2.48. The van der Waals surface area contributed by atoms with Crippen LogP contribution >= 0.6 is 0 Å². The lowest BCUT2D eigenvalue weighted by atomic mass is 9.83. The smallest absolute Gasteiger partial charge is 0.0309 e. The lowest BCUT2D eigenvalue weighted by molar-refractivity contribution is 0.0430. The minimum Gasteiger partial charge on any atom is -0.308 e. The lowest BCUT2D eigenvalue weighted by Crippen LogP contribution is -2.64. The van der Waals surface area contributed by atoms with Crippen LogP contribution < -0.4 is 5.32 Å². The van der Waals surface area contributed by atoms with Crippen molar-refractivity contribution in [3.05, 3.63) is 0 Å². The molecule has 1 N–H and O–H groups in total. The summed E-state index contributed by atoms with van der Waals surface area (Å²) < 4.78 is 0. The molecule has 18 heavy (non-hydrogen) atoms. The maximum absolute atomic E-state index is 3.96. The van der Waals surface area contributed by atoms with Crippen molar-refractivity contribution in [3.8, 4) is 0 Å². The molecule has 1 spiro atoms. The van der Waals surface area contributed by atoms with Crippen LogP contribution in [0.1, 0.15) is 57.8 Å². The largest absolute Gasteiger partial charge is 0.308 e. The summed E-state index contributed by atoms with van der Waals surface area (Å²) in [4.78, 5) is 2.92. The van der Waals surface area contributed by atoms with E-state index in [0.717, 1.165) is 17.9 Å². The summed E-state index contributed by atoms with van der Waals surface area (Å²) in [5.74, 6) is 2.08. The highest BCUT2D eigenvalue weighted by atomic mass is 15.3. The second-order valence-corrected chi connectivity index (χ2v) is 7.50. The molecular formula is C16H28N2. The van der Waals surface area contributed by atoms with E-state index in [1.165, 1.54) is 77.4 Å². The van der Waals surface area contributed by atoms with Crippen molar-refractivity contribution in [1.82, 2.24) is 10.2 Å².